The van der Waals surface area contributed by atoms with Gasteiger partial charge in [0.2, 0.25) is 0 Å². The highest BCUT2D eigenvalue weighted by atomic mass is 79.9. The van der Waals surface area contributed by atoms with Gasteiger partial charge in [-0.2, -0.15) is 5.10 Å². The minimum atomic E-state index is 0.599. The molecule has 0 aliphatic rings. The maximum atomic E-state index is 5.88. The Balaban J connectivity index is 2.16. The lowest BCUT2D eigenvalue weighted by molar-refractivity contribution is 0.474. The zero-order valence-electron chi connectivity index (χ0n) is 11.0. The van der Waals surface area contributed by atoms with Crippen molar-refractivity contribution in [2.75, 3.05) is 6.54 Å². The quantitative estimate of drug-likeness (QED) is 0.886. The Labute approximate surface area is 121 Å². The number of hydrogen-bond acceptors (Lipinski definition) is 3. The maximum absolute atomic E-state index is 5.88. The lowest BCUT2D eigenvalue weighted by Gasteiger charge is -2.09. The van der Waals surface area contributed by atoms with Crippen LogP contribution in [0.2, 0.25) is 0 Å². The van der Waals surface area contributed by atoms with Crippen LogP contribution in [0.4, 0.5) is 0 Å². The molecule has 0 bridgehead atoms. The Kier molecular flexibility index (Phi) is 4.99. The number of aromatic nitrogens is 2. The summed E-state index contributed by atoms with van der Waals surface area (Å²) in [5.74, 6) is 1.60. The van der Waals surface area contributed by atoms with Crippen LogP contribution in [0.25, 0.3) is 0 Å². The third kappa shape index (κ3) is 3.81. The summed E-state index contributed by atoms with van der Waals surface area (Å²) in [5.41, 5.74) is 6.73. The summed E-state index contributed by atoms with van der Waals surface area (Å²) >= 11 is 3.46. The number of rotatable bonds is 6. The summed E-state index contributed by atoms with van der Waals surface area (Å²) < 4.78 is 8.80. The molecule has 102 valence electrons. The van der Waals surface area contributed by atoms with Gasteiger partial charge in [0.15, 0.2) is 5.75 Å². The van der Waals surface area contributed by atoms with Gasteiger partial charge in [0.05, 0.1) is 12.4 Å². The van der Waals surface area contributed by atoms with E-state index in [0.717, 1.165) is 40.9 Å². The van der Waals surface area contributed by atoms with Crippen LogP contribution < -0.4 is 10.5 Å². The average Bonchev–Trinajstić information content (AvgIpc) is 2.81. The van der Waals surface area contributed by atoms with Crippen molar-refractivity contribution in [2.45, 2.75) is 26.3 Å². The summed E-state index contributed by atoms with van der Waals surface area (Å²) in [6.07, 6.45) is 5.50. The molecule has 0 spiro atoms. The Morgan fingerprint density at radius 1 is 1.42 bits per heavy atom. The molecule has 0 fully saturated rings. The van der Waals surface area contributed by atoms with Gasteiger partial charge >= 0.3 is 0 Å². The molecule has 1 heterocycles. The van der Waals surface area contributed by atoms with Crippen LogP contribution >= 0.6 is 15.9 Å². The molecule has 2 N–H and O–H groups in total. The number of nitrogens with two attached hydrogens (primary N) is 1. The predicted octanol–water partition coefficient (Wildman–Crippen LogP) is 3.35. The van der Waals surface area contributed by atoms with Gasteiger partial charge in [0, 0.05) is 11.0 Å². The van der Waals surface area contributed by atoms with E-state index in [1.807, 2.05) is 29.1 Å². The zero-order valence-corrected chi connectivity index (χ0v) is 12.6. The summed E-state index contributed by atoms with van der Waals surface area (Å²) in [6, 6.07) is 5.96. The molecular formula is C14H18BrN3O. The molecule has 2 rings (SSSR count). The topological polar surface area (TPSA) is 53.1 Å². The third-order valence-corrected chi connectivity index (χ3v) is 3.22. The van der Waals surface area contributed by atoms with E-state index < -0.39 is 0 Å². The Bertz CT molecular complexity index is 539. The standard InChI is InChI=1S/C14H18BrN3O/c1-2-7-18-10-13(9-17-18)19-14-4-3-12(15)8-11(14)5-6-16/h3-4,8-10H,2,5-7,16H2,1H3. The Hall–Kier alpha value is -1.33. The highest BCUT2D eigenvalue weighted by Crippen LogP contribution is 2.28. The molecule has 0 unspecified atom stereocenters. The first-order valence-electron chi connectivity index (χ1n) is 6.41. The van der Waals surface area contributed by atoms with Crippen LogP contribution in [0.3, 0.4) is 0 Å². The monoisotopic (exact) mass is 323 g/mol. The van der Waals surface area contributed by atoms with Gasteiger partial charge in [0.1, 0.15) is 5.75 Å². The number of aryl methyl sites for hydroxylation is 1. The molecule has 1 aromatic heterocycles. The molecule has 0 aliphatic heterocycles. The molecule has 0 saturated heterocycles. The average molecular weight is 324 g/mol. The fourth-order valence-corrected chi connectivity index (χ4v) is 2.28. The highest BCUT2D eigenvalue weighted by molar-refractivity contribution is 9.10. The van der Waals surface area contributed by atoms with Crippen LogP contribution in [-0.4, -0.2) is 16.3 Å². The van der Waals surface area contributed by atoms with E-state index in [1.54, 1.807) is 6.20 Å². The summed E-state index contributed by atoms with van der Waals surface area (Å²) in [6.45, 7) is 3.62. The second-order valence-electron chi connectivity index (χ2n) is 4.33. The Morgan fingerprint density at radius 3 is 3.00 bits per heavy atom. The second-order valence-corrected chi connectivity index (χ2v) is 5.25. The van der Waals surface area contributed by atoms with E-state index in [2.05, 4.69) is 28.0 Å². The van der Waals surface area contributed by atoms with Crippen molar-refractivity contribution in [3.05, 3.63) is 40.6 Å². The molecule has 19 heavy (non-hydrogen) atoms. The van der Waals surface area contributed by atoms with Crippen molar-refractivity contribution < 1.29 is 4.74 Å². The molecule has 0 radical (unpaired) electrons. The van der Waals surface area contributed by atoms with E-state index in [1.165, 1.54) is 0 Å². The molecule has 0 saturated carbocycles. The van der Waals surface area contributed by atoms with Crippen molar-refractivity contribution >= 4 is 15.9 Å². The summed E-state index contributed by atoms with van der Waals surface area (Å²) in [7, 11) is 0. The van der Waals surface area contributed by atoms with Crippen LogP contribution in [-0.2, 0) is 13.0 Å². The smallest absolute Gasteiger partial charge is 0.165 e. The summed E-state index contributed by atoms with van der Waals surface area (Å²) in [5, 5.41) is 4.25. The highest BCUT2D eigenvalue weighted by Gasteiger charge is 2.07. The van der Waals surface area contributed by atoms with E-state index in [-0.39, 0.29) is 0 Å². The minimum absolute atomic E-state index is 0.599. The van der Waals surface area contributed by atoms with Crippen molar-refractivity contribution in [3.63, 3.8) is 0 Å². The first-order chi connectivity index (χ1) is 9.22. The molecule has 4 nitrogen and oxygen atoms in total. The molecule has 0 atom stereocenters. The van der Waals surface area contributed by atoms with Crippen LogP contribution in [0.1, 0.15) is 18.9 Å². The third-order valence-electron chi connectivity index (χ3n) is 2.73. The van der Waals surface area contributed by atoms with Crippen LogP contribution in [0.5, 0.6) is 11.5 Å². The van der Waals surface area contributed by atoms with Gasteiger partial charge in [-0.05, 0) is 43.1 Å². The lowest BCUT2D eigenvalue weighted by atomic mass is 10.1. The number of benzene rings is 1. The van der Waals surface area contributed by atoms with Gasteiger partial charge < -0.3 is 10.5 Å². The van der Waals surface area contributed by atoms with Crippen molar-refractivity contribution in [1.29, 1.82) is 0 Å². The molecule has 0 amide bonds. The molecule has 1 aromatic carbocycles. The SMILES string of the molecule is CCCn1cc(Oc2ccc(Br)cc2CCN)cn1. The van der Waals surface area contributed by atoms with Crippen LogP contribution in [0.15, 0.2) is 35.1 Å². The fourth-order valence-electron chi connectivity index (χ4n) is 1.87. The molecule has 5 heteroatoms. The maximum Gasteiger partial charge on any atom is 0.165 e. The van der Waals surface area contributed by atoms with Crippen LogP contribution in [0, 0.1) is 0 Å². The molecular weight excluding hydrogens is 306 g/mol. The van der Waals surface area contributed by atoms with Gasteiger partial charge in [-0.15, -0.1) is 0 Å². The van der Waals surface area contributed by atoms with E-state index in [4.69, 9.17) is 10.5 Å². The first kappa shape index (κ1) is 14.1. The zero-order chi connectivity index (χ0) is 13.7. The predicted molar refractivity (Wildman–Crippen MR) is 79.5 cm³/mol. The largest absolute Gasteiger partial charge is 0.454 e. The van der Waals surface area contributed by atoms with Crippen molar-refractivity contribution in [3.8, 4) is 11.5 Å². The normalized spacial score (nSPS) is 10.7. The van der Waals surface area contributed by atoms with Gasteiger partial charge in [-0.25, -0.2) is 0 Å². The van der Waals surface area contributed by atoms with E-state index >= 15 is 0 Å². The first-order valence-corrected chi connectivity index (χ1v) is 7.21. The minimum Gasteiger partial charge on any atom is -0.454 e. The fraction of sp³-hybridized carbons (Fsp3) is 0.357. The number of hydrogen-bond donors (Lipinski definition) is 1. The number of halogens is 1. The molecule has 0 aliphatic carbocycles. The van der Waals surface area contributed by atoms with Crippen molar-refractivity contribution in [2.24, 2.45) is 5.73 Å². The van der Waals surface area contributed by atoms with Gasteiger partial charge in [0.25, 0.3) is 0 Å². The Morgan fingerprint density at radius 2 is 2.26 bits per heavy atom. The number of nitrogens with zero attached hydrogens (tertiary/aromatic N) is 2. The van der Waals surface area contributed by atoms with Gasteiger partial charge in [-0.3, -0.25) is 4.68 Å². The van der Waals surface area contributed by atoms with Crippen molar-refractivity contribution in [1.82, 2.24) is 9.78 Å². The van der Waals surface area contributed by atoms with Gasteiger partial charge in [-0.1, -0.05) is 22.9 Å². The van der Waals surface area contributed by atoms with E-state index in [9.17, 15) is 0 Å². The summed E-state index contributed by atoms with van der Waals surface area (Å²) in [4.78, 5) is 0. The second kappa shape index (κ2) is 6.73. The lowest BCUT2D eigenvalue weighted by Crippen LogP contribution is -2.04. The molecule has 2 aromatic rings. The number of ether oxygens (including phenoxy) is 1. The van der Waals surface area contributed by atoms with E-state index in [0.29, 0.717) is 6.54 Å².